The van der Waals surface area contributed by atoms with Gasteiger partial charge in [0.2, 0.25) is 0 Å². The summed E-state index contributed by atoms with van der Waals surface area (Å²) < 4.78 is 18.2. The first-order valence-electron chi connectivity index (χ1n) is 5.59. The van der Waals surface area contributed by atoms with Gasteiger partial charge in [-0.2, -0.15) is 4.37 Å². The van der Waals surface area contributed by atoms with Gasteiger partial charge >= 0.3 is 0 Å². The molecule has 0 fully saturated rings. The van der Waals surface area contributed by atoms with Crippen molar-refractivity contribution >= 4 is 43.5 Å². The molecule has 0 amide bonds. The van der Waals surface area contributed by atoms with Crippen molar-refractivity contribution in [1.29, 1.82) is 0 Å². The van der Waals surface area contributed by atoms with Gasteiger partial charge in [0.05, 0.1) is 26.8 Å². The molecule has 0 aliphatic carbocycles. The number of aromatic nitrogens is 3. The van der Waals surface area contributed by atoms with Crippen molar-refractivity contribution < 1.29 is 4.39 Å². The Morgan fingerprint density at radius 3 is 2.95 bits per heavy atom. The van der Waals surface area contributed by atoms with E-state index >= 15 is 0 Å². The predicted octanol–water partition coefficient (Wildman–Crippen LogP) is 3.94. The van der Waals surface area contributed by atoms with E-state index in [0.717, 1.165) is 21.8 Å². The molecule has 0 unspecified atom stereocenters. The van der Waals surface area contributed by atoms with Crippen molar-refractivity contribution in [3.8, 4) is 11.4 Å². The van der Waals surface area contributed by atoms with Gasteiger partial charge in [-0.15, -0.1) is 0 Å². The maximum Gasteiger partial charge on any atom is 0.143 e. The molecule has 3 rings (SSSR count). The van der Waals surface area contributed by atoms with Gasteiger partial charge in [0.25, 0.3) is 0 Å². The Kier molecular flexibility index (Phi) is 3.02. The fraction of sp³-hybridized carbons (Fsp3) is 0.167. The molecule has 0 atom stereocenters. The number of nitrogens with one attached hydrogen (secondary N) is 2. The van der Waals surface area contributed by atoms with Gasteiger partial charge in [-0.3, -0.25) is 0 Å². The molecule has 0 aliphatic rings. The molecule has 19 heavy (non-hydrogen) atoms. The number of fused-ring (bicyclic) bond motifs is 1. The number of halogens is 2. The molecule has 2 heterocycles. The van der Waals surface area contributed by atoms with Gasteiger partial charge in [-0.25, -0.2) is 9.37 Å². The monoisotopic (exact) mass is 340 g/mol. The predicted molar refractivity (Wildman–Crippen MR) is 79.1 cm³/mol. The Bertz CT molecular complexity index is 726. The number of rotatable bonds is 2. The highest BCUT2D eigenvalue weighted by molar-refractivity contribution is 9.10. The summed E-state index contributed by atoms with van der Waals surface area (Å²) >= 11 is 4.55. The van der Waals surface area contributed by atoms with Crippen molar-refractivity contribution in [3.05, 3.63) is 28.1 Å². The first-order valence-corrected chi connectivity index (χ1v) is 7.16. The molecule has 1 aromatic carbocycles. The lowest BCUT2D eigenvalue weighted by atomic mass is 10.2. The standard InChI is InChI=1S/C12H10BrFN4S/c1-5-10(12(15-2)19-18-5)11-16-8-3-6(13)7(14)4-9(8)17-11/h3-4,15H,1-2H3,(H,16,17). The van der Waals surface area contributed by atoms with E-state index in [0.29, 0.717) is 15.8 Å². The highest BCUT2D eigenvalue weighted by Gasteiger charge is 2.16. The minimum atomic E-state index is -0.309. The number of benzene rings is 1. The topological polar surface area (TPSA) is 53.6 Å². The van der Waals surface area contributed by atoms with E-state index in [1.165, 1.54) is 17.6 Å². The van der Waals surface area contributed by atoms with Gasteiger partial charge in [-0.1, -0.05) is 0 Å². The van der Waals surface area contributed by atoms with Crippen molar-refractivity contribution in [2.75, 3.05) is 12.4 Å². The Morgan fingerprint density at radius 2 is 2.21 bits per heavy atom. The second-order valence-electron chi connectivity index (χ2n) is 4.09. The maximum absolute atomic E-state index is 13.5. The number of hydrogen-bond acceptors (Lipinski definition) is 4. The molecule has 0 saturated carbocycles. The zero-order valence-corrected chi connectivity index (χ0v) is 12.6. The SMILES string of the molecule is CNc1snc(C)c1-c1nc2cc(Br)c(F)cc2[nH]1. The summed E-state index contributed by atoms with van der Waals surface area (Å²) in [6, 6.07) is 3.10. The van der Waals surface area contributed by atoms with E-state index in [-0.39, 0.29) is 5.82 Å². The first kappa shape index (κ1) is 12.6. The highest BCUT2D eigenvalue weighted by atomic mass is 79.9. The van der Waals surface area contributed by atoms with Gasteiger partial charge < -0.3 is 10.3 Å². The van der Waals surface area contributed by atoms with Crippen LogP contribution in [-0.2, 0) is 0 Å². The Labute approximate surface area is 121 Å². The molecule has 0 radical (unpaired) electrons. The third kappa shape index (κ3) is 2.02. The molecule has 2 aromatic heterocycles. The third-order valence-electron chi connectivity index (χ3n) is 2.85. The molecule has 98 valence electrons. The van der Waals surface area contributed by atoms with Crippen LogP contribution >= 0.6 is 27.5 Å². The Hall–Kier alpha value is -1.47. The smallest absolute Gasteiger partial charge is 0.143 e. The average molecular weight is 341 g/mol. The van der Waals surface area contributed by atoms with Crippen LogP contribution in [0.25, 0.3) is 22.4 Å². The Morgan fingerprint density at radius 1 is 1.42 bits per heavy atom. The second kappa shape index (κ2) is 4.57. The summed E-state index contributed by atoms with van der Waals surface area (Å²) in [6.45, 7) is 1.93. The lowest BCUT2D eigenvalue weighted by Crippen LogP contribution is -1.89. The summed E-state index contributed by atoms with van der Waals surface area (Å²) in [6.07, 6.45) is 0. The van der Waals surface area contributed by atoms with Gasteiger partial charge in [0.1, 0.15) is 16.6 Å². The molecule has 0 aliphatic heterocycles. The van der Waals surface area contributed by atoms with Crippen LogP contribution in [0.15, 0.2) is 16.6 Å². The zero-order chi connectivity index (χ0) is 13.6. The zero-order valence-electron chi connectivity index (χ0n) is 10.2. The number of imidazole rings is 1. The number of anilines is 1. The van der Waals surface area contributed by atoms with Crippen LogP contribution in [0.4, 0.5) is 9.39 Å². The van der Waals surface area contributed by atoms with E-state index < -0.39 is 0 Å². The molecule has 0 spiro atoms. The van der Waals surface area contributed by atoms with Crippen LogP contribution in [0.3, 0.4) is 0 Å². The van der Waals surface area contributed by atoms with Crippen LogP contribution in [0.5, 0.6) is 0 Å². The highest BCUT2D eigenvalue weighted by Crippen LogP contribution is 2.34. The molecule has 2 N–H and O–H groups in total. The fourth-order valence-corrected chi connectivity index (χ4v) is 3.02. The van der Waals surface area contributed by atoms with Crippen LogP contribution in [0, 0.1) is 12.7 Å². The van der Waals surface area contributed by atoms with E-state index in [1.807, 2.05) is 14.0 Å². The second-order valence-corrected chi connectivity index (χ2v) is 5.72. The van der Waals surface area contributed by atoms with Gasteiger partial charge in [-0.05, 0) is 40.5 Å². The molecule has 0 saturated heterocycles. The number of aromatic amines is 1. The van der Waals surface area contributed by atoms with Crippen LogP contribution in [-0.4, -0.2) is 21.4 Å². The number of aryl methyl sites for hydroxylation is 1. The lowest BCUT2D eigenvalue weighted by Gasteiger charge is -1.98. The number of H-pyrrole nitrogens is 1. The van der Waals surface area contributed by atoms with Crippen molar-refractivity contribution in [2.45, 2.75) is 6.92 Å². The molecule has 4 nitrogen and oxygen atoms in total. The van der Waals surface area contributed by atoms with E-state index in [4.69, 9.17) is 0 Å². The van der Waals surface area contributed by atoms with E-state index in [9.17, 15) is 4.39 Å². The summed E-state index contributed by atoms with van der Waals surface area (Å²) in [5.41, 5.74) is 3.22. The van der Waals surface area contributed by atoms with Crippen LogP contribution < -0.4 is 5.32 Å². The minimum absolute atomic E-state index is 0.309. The van der Waals surface area contributed by atoms with Gasteiger partial charge in [0, 0.05) is 13.1 Å². The first-order chi connectivity index (χ1) is 9.10. The van der Waals surface area contributed by atoms with Crippen LogP contribution in [0.2, 0.25) is 0 Å². The number of nitrogens with zero attached hydrogens (tertiary/aromatic N) is 2. The largest absolute Gasteiger partial charge is 0.378 e. The Balaban J connectivity index is 2.23. The summed E-state index contributed by atoms with van der Waals surface area (Å²) in [5.74, 6) is 0.389. The van der Waals surface area contributed by atoms with E-state index in [1.54, 1.807) is 6.07 Å². The fourth-order valence-electron chi connectivity index (χ4n) is 1.94. The summed E-state index contributed by atoms with van der Waals surface area (Å²) in [5, 5.41) is 4.04. The minimum Gasteiger partial charge on any atom is -0.378 e. The van der Waals surface area contributed by atoms with Crippen molar-refractivity contribution in [3.63, 3.8) is 0 Å². The lowest BCUT2D eigenvalue weighted by molar-refractivity contribution is 0.623. The molecule has 3 aromatic rings. The maximum atomic E-state index is 13.5. The third-order valence-corrected chi connectivity index (χ3v) is 4.41. The van der Waals surface area contributed by atoms with Crippen molar-refractivity contribution in [2.24, 2.45) is 0 Å². The molecule has 7 heteroatoms. The van der Waals surface area contributed by atoms with E-state index in [2.05, 4.69) is 35.6 Å². The average Bonchev–Trinajstić information content (AvgIpc) is 2.93. The quantitative estimate of drug-likeness (QED) is 0.742. The number of hydrogen-bond donors (Lipinski definition) is 2. The van der Waals surface area contributed by atoms with Crippen LogP contribution in [0.1, 0.15) is 5.69 Å². The van der Waals surface area contributed by atoms with Gasteiger partial charge in [0.15, 0.2) is 0 Å². The normalized spacial score (nSPS) is 11.2. The molecular formula is C12H10BrFN4S. The summed E-state index contributed by atoms with van der Waals surface area (Å²) in [7, 11) is 1.84. The van der Waals surface area contributed by atoms with Crippen molar-refractivity contribution in [1.82, 2.24) is 14.3 Å². The molecular weight excluding hydrogens is 331 g/mol. The molecule has 0 bridgehead atoms. The summed E-state index contributed by atoms with van der Waals surface area (Å²) in [4.78, 5) is 7.64.